The van der Waals surface area contributed by atoms with Gasteiger partial charge in [0, 0.05) is 26.7 Å². The zero-order valence-corrected chi connectivity index (χ0v) is 14.1. The molecule has 0 spiro atoms. The van der Waals surface area contributed by atoms with Crippen LogP contribution in [0.25, 0.3) is 11.2 Å². The summed E-state index contributed by atoms with van der Waals surface area (Å²) in [5, 5.41) is 0. The van der Waals surface area contributed by atoms with Crippen molar-refractivity contribution in [1.29, 1.82) is 0 Å². The van der Waals surface area contributed by atoms with Crippen LogP contribution in [-0.4, -0.2) is 25.0 Å². The van der Waals surface area contributed by atoms with Gasteiger partial charge in [-0.25, -0.2) is 14.8 Å². The Bertz CT molecular complexity index is 1070. The summed E-state index contributed by atoms with van der Waals surface area (Å²) < 4.78 is 2.26. The van der Waals surface area contributed by atoms with Gasteiger partial charge in [-0.2, -0.15) is 0 Å². The number of anilines is 1. The molecule has 0 unspecified atom stereocenters. The van der Waals surface area contributed by atoms with Gasteiger partial charge in [0.25, 0.3) is 5.56 Å². The molecule has 8 nitrogen and oxygen atoms in total. The van der Waals surface area contributed by atoms with Crippen LogP contribution in [0, 0.1) is 0 Å². The van der Waals surface area contributed by atoms with Crippen molar-refractivity contribution >= 4 is 22.8 Å². The second-order valence-electron chi connectivity index (χ2n) is 5.68. The molecule has 3 aromatic rings. The molecule has 0 N–H and O–H groups in total. The second-order valence-corrected chi connectivity index (χ2v) is 5.68. The van der Waals surface area contributed by atoms with Crippen molar-refractivity contribution < 1.29 is 4.79 Å². The number of aryl methyl sites for hydroxylation is 1. The maximum Gasteiger partial charge on any atom is 0.332 e. The van der Waals surface area contributed by atoms with Crippen LogP contribution in [0.1, 0.15) is 12.6 Å². The molecule has 8 heteroatoms. The first kappa shape index (κ1) is 16.6. The summed E-state index contributed by atoms with van der Waals surface area (Å²) in [7, 11) is 2.93. The van der Waals surface area contributed by atoms with E-state index in [1.54, 1.807) is 4.90 Å². The van der Waals surface area contributed by atoms with Gasteiger partial charge in [-0.05, 0) is 12.1 Å². The number of hydrogen-bond acceptors (Lipinski definition) is 5. The van der Waals surface area contributed by atoms with Gasteiger partial charge in [0.15, 0.2) is 11.2 Å². The highest BCUT2D eigenvalue weighted by molar-refractivity contribution is 5.91. The van der Waals surface area contributed by atoms with Crippen molar-refractivity contribution in [2.24, 2.45) is 14.1 Å². The summed E-state index contributed by atoms with van der Waals surface area (Å²) in [6.45, 7) is 1.64. The second kappa shape index (κ2) is 6.31. The SMILES string of the molecule is CC(=O)N(Cc1cnc2c(n1)c(=O)n(C)c(=O)n2C)c1ccccc1. The highest BCUT2D eigenvalue weighted by Crippen LogP contribution is 2.16. The van der Waals surface area contributed by atoms with Gasteiger partial charge in [0.1, 0.15) is 0 Å². The van der Waals surface area contributed by atoms with Crippen LogP contribution in [0.2, 0.25) is 0 Å². The van der Waals surface area contributed by atoms with E-state index in [2.05, 4.69) is 9.97 Å². The van der Waals surface area contributed by atoms with Gasteiger partial charge in [-0.15, -0.1) is 0 Å². The Hall–Kier alpha value is -3.29. The van der Waals surface area contributed by atoms with E-state index >= 15 is 0 Å². The minimum Gasteiger partial charge on any atom is -0.307 e. The number of fused-ring (bicyclic) bond motifs is 1. The van der Waals surface area contributed by atoms with E-state index in [9.17, 15) is 14.4 Å². The minimum absolute atomic E-state index is 0.0960. The molecule has 2 heterocycles. The highest BCUT2D eigenvalue weighted by atomic mass is 16.2. The van der Waals surface area contributed by atoms with Crippen LogP contribution in [-0.2, 0) is 25.4 Å². The maximum atomic E-state index is 12.3. The first-order chi connectivity index (χ1) is 11.9. The van der Waals surface area contributed by atoms with Crippen LogP contribution in [0.3, 0.4) is 0 Å². The molecule has 0 atom stereocenters. The molecule has 25 heavy (non-hydrogen) atoms. The summed E-state index contributed by atoms with van der Waals surface area (Å²) in [6.07, 6.45) is 1.47. The third-order valence-electron chi connectivity index (χ3n) is 3.97. The summed E-state index contributed by atoms with van der Waals surface area (Å²) in [5.74, 6) is -0.151. The number of carbonyl (C=O) groups is 1. The van der Waals surface area contributed by atoms with E-state index < -0.39 is 11.2 Å². The normalized spacial score (nSPS) is 10.8. The number of carbonyl (C=O) groups excluding carboxylic acids is 1. The molecule has 2 aromatic heterocycles. The average Bonchev–Trinajstić information content (AvgIpc) is 2.63. The lowest BCUT2D eigenvalue weighted by molar-refractivity contribution is -0.116. The minimum atomic E-state index is -0.512. The summed E-state index contributed by atoms with van der Waals surface area (Å²) >= 11 is 0. The van der Waals surface area contributed by atoms with E-state index in [-0.39, 0.29) is 23.6 Å². The lowest BCUT2D eigenvalue weighted by atomic mass is 10.2. The molecule has 0 saturated heterocycles. The van der Waals surface area contributed by atoms with Gasteiger partial charge in [0.05, 0.1) is 18.4 Å². The topological polar surface area (TPSA) is 90.1 Å². The maximum absolute atomic E-state index is 12.3. The van der Waals surface area contributed by atoms with Gasteiger partial charge in [0.2, 0.25) is 5.91 Å². The molecule has 128 valence electrons. The van der Waals surface area contributed by atoms with Gasteiger partial charge in [-0.1, -0.05) is 18.2 Å². The monoisotopic (exact) mass is 339 g/mol. The molecule has 1 aromatic carbocycles. The van der Waals surface area contributed by atoms with E-state index in [1.165, 1.54) is 31.8 Å². The van der Waals surface area contributed by atoms with Gasteiger partial charge in [-0.3, -0.25) is 18.7 Å². The fourth-order valence-corrected chi connectivity index (χ4v) is 2.60. The number of aromatic nitrogens is 4. The fourth-order valence-electron chi connectivity index (χ4n) is 2.60. The summed E-state index contributed by atoms with van der Waals surface area (Å²) in [5.41, 5.74) is 0.521. The quantitative estimate of drug-likeness (QED) is 0.696. The fraction of sp³-hybridized carbons (Fsp3) is 0.235. The van der Waals surface area contributed by atoms with Gasteiger partial charge >= 0.3 is 5.69 Å². The first-order valence-electron chi connectivity index (χ1n) is 7.65. The predicted octanol–water partition coefficient (Wildman–Crippen LogP) is 0.580. The van der Waals surface area contributed by atoms with Crippen molar-refractivity contribution in [1.82, 2.24) is 19.1 Å². The van der Waals surface area contributed by atoms with Crippen molar-refractivity contribution in [3.8, 4) is 0 Å². The Labute approximate surface area is 143 Å². The highest BCUT2D eigenvalue weighted by Gasteiger charge is 2.16. The molecule has 0 radical (unpaired) electrons. The van der Waals surface area contributed by atoms with Crippen molar-refractivity contribution in [2.75, 3.05) is 4.90 Å². The van der Waals surface area contributed by atoms with Crippen molar-refractivity contribution in [3.05, 3.63) is 63.1 Å². The van der Waals surface area contributed by atoms with Crippen molar-refractivity contribution in [2.45, 2.75) is 13.5 Å². The van der Waals surface area contributed by atoms with E-state index in [4.69, 9.17) is 0 Å². The van der Waals surface area contributed by atoms with Crippen LogP contribution in [0.4, 0.5) is 5.69 Å². The third-order valence-corrected chi connectivity index (χ3v) is 3.97. The molecule has 0 saturated carbocycles. The van der Waals surface area contributed by atoms with Crippen molar-refractivity contribution in [3.63, 3.8) is 0 Å². The number of hydrogen-bond donors (Lipinski definition) is 0. The lowest BCUT2D eigenvalue weighted by Gasteiger charge is -2.20. The number of rotatable bonds is 3. The number of amides is 1. The molecule has 1 amide bonds. The van der Waals surface area contributed by atoms with Crippen LogP contribution in [0.15, 0.2) is 46.1 Å². The molecule has 0 aliphatic heterocycles. The van der Waals surface area contributed by atoms with Crippen LogP contribution < -0.4 is 16.1 Å². The predicted molar refractivity (Wildman–Crippen MR) is 93.3 cm³/mol. The molecule has 0 aliphatic carbocycles. The van der Waals surface area contributed by atoms with Crippen LogP contribution >= 0.6 is 0 Å². The van der Waals surface area contributed by atoms with E-state index in [0.29, 0.717) is 5.69 Å². The molecular formula is C17H17N5O3. The third kappa shape index (κ3) is 2.93. The van der Waals surface area contributed by atoms with Crippen LogP contribution in [0.5, 0.6) is 0 Å². The zero-order valence-electron chi connectivity index (χ0n) is 14.1. The lowest BCUT2D eigenvalue weighted by Crippen LogP contribution is -2.38. The summed E-state index contributed by atoms with van der Waals surface area (Å²) in [6, 6.07) is 9.17. The van der Waals surface area contributed by atoms with E-state index in [1.807, 2.05) is 30.3 Å². The Kier molecular flexibility index (Phi) is 4.18. The molecular weight excluding hydrogens is 322 g/mol. The molecule has 0 aliphatic rings. The van der Waals surface area contributed by atoms with E-state index in [0.717, 1.165) is 10.3 Å². The number of benzene rings is 1. The Morgan fingerprint density at radius 1 is 1.12 bits per heavy atom. The largest absolute Gasteiger partial charge is 0.332 e. The average molecular weight is 339 g/mol. The summed E-state index contributed by atoms with van der Waals surface area (Å²) in [4.78, 5) is 46.3. The van der Waals surface area contributed by atoms with Gasteiger partial charge < -0.3 is 4.90 Å². The molecule has 0 fully saturated rings. The smallest absolute Gasteiger partial charge is 0.307 e. The Morgan fingerprint density at radius 2 is 1.80 bits per heavy atom. The Morgan fingerprint density at radius 3 is 2.44 bits per heavy atom. The molecule has 3 rings (SSSR count). The Balaban J connectivity index is 2.09. The zero-order chi connectivity index (χ0) is 18.1. The molecule has 0 bridgehead atoms. The number of nitrogens with zero attached hydrogens (tertiary/aromatic N) is 5. The first-order valence-corrected chi connectivity index (χ1v) is 7.65. The standard InChI is InChI=1S/C17H17N5O3/c1-11(23)22(13-7-5-4-6-8-13)10-12-9-18-15-14(19-12)16(24)21(3)17(25)20(15)2/h4-9H,10H2,1-3H3. The number of para-hydroxylation sites is 1.